The highest BCUT2D eigenvalue weighted by Crippen LogP contribution is 2.44. The van der Waals surface area contributed by atoms with Crippen LogP contribution in [0.5, 0.6) is 0 Å². The van der Waals surface area contributed by atoms with Gasteiger partial charge in [-0.1, -0.05) is 20.8 Å². The first-order valence-corrected chi connectivity index (χ1v) is 6.30. The molecule has 2 heteroatoms. The Labute approximate surface area is 93.0 Å². The van der Waals surface area contributed by atoms with Crippen molar-refractivity contribution in [2.45, 2.75) is 64.6 Å². The molecule has 2 fully saturated rings. The van der Waals surface area contributed by atoms with Gasteiger partial charge in [0.25, 0.3) is 0 Å². The van der Waals surface area contributed by atoms with Crippen LogP contribution in [0.15, 0.2) is 0 Å². The molecule has 1 nitrogen and oxygen atoms in total. The van der Waals surface area contributed by atoms with Gasteiger partial charge in [-0.3, -0.25) is 4.90 Å². The highest BCUT2D eigenvalue weighted by molar-refractivity contribution is 5.03. The van der Waals surface area contributed by atoms with Crippen LogP contribution in [0, 0.1) is 5.41 Å². The maximum atomic E-state index is 13.5. The zero-order valence-corrected chi connectivity index (χ0v) is 10.4. The Kier molecular flexibility index (Phi) is 2.83. The van der Waals surface area contributed by atoms with Crippen LogP contribution >= 0.6 is 0 Å². The molecule has 0 aromatic rings. The van der Waals surface area contributed by atoms with E-state index in [1.807, 2.05) is 0 Å². The summed E-state index contributed by atoms with van der Waals surface area (Å²) >= 11 is 0. The second-order valence-electron chi connectivity index (χ2n) is 6.64. The molecule has 15 heavy (non-hydrogen) atoms. The van der Waals surface area contributed by atoms with Gasteiger partial charge in [-0.05, 0) is 44.1 Å². The molecule has 88 valence electrons. The number of fused-ring (bicyclic) bond motifs is 1. The Bertz CT molecular complexity index is 233. The summed E-state index contributed by atoms with van der Waals surface area (Å²) < 4.78 is 13.5. The normalized spacial score (nSPS) is 37.2. The first kappa shape index (κ1) is 11.4. The minimum atomic E-state index is -0.565. The van der Waals surface area contributed by atoms with Crippen LogP contribution in [0.1, 0.15) is 52.9 Å². The minimum Gasteiger partial charge on any atom is -0.295 e. The third-order valence-corrected chi connectivity index (χ3v) is 4.10. The average Bonchev–Trinajstić information content (AvgIpc) is 2.55. The van der Waals surface area contributed by atoms with Gasteiger partial charge in [0.15, 0.2) is 0 Å². The summed E-state index contributed by atoms with van der Waals surface area (Å²) in [4.78, 5) is 2.42. The lowest BCUT2D eigenvalue weighted by molar-refractivity contribution is 0.158. The van der Waals surface area contributed by atoms with Crippen LogP contribution in [-0.2, 0) is 0 Å². The Morgan fingerprint density at radius 1 is 1.40 bits per heavy atom. The predicted octanol–water partition coefficient (Wildman–Crippen LogP) is 3.39. The third-order valence-electron chi connectivity index (χ3n) is 4.10. The van der Waals surface area contributed by atoms with E-state index in [0.717, 1.165) is 13.0 Å². The standard InChI is InChI=1S/C13H24FN/c1-12(2,3)6-7-13-5-4-8-15(13)10-11(14)9-13/h11H,4-10H2,1-3H3. The van der Waals surface area contributed by atoms with Crippen molar-refractivity contribution in [3.63, 3.8) is 0 Å². The van der Waals surface area contributed by atoms with Gasteiger partial charge < -0.3 is 0 Å². The fraction of sp³-hybridized carbons (Fsp3) is 1.00. The van der Waals surface area contributed by atoms with Crippen LogP contribution in [0.4, 0.5) is 4.39 Å². The van der Waals surface area contributed by atoms with Crippen LogP contribution in [-0.4, -0.2) is 29.7 Å². The number of halogens is 1. The molecule has 2 rings (SSSR count). The largest absolute Gasteiger partial charge is 0.295 e. The van der Waals surface area contributed by atoms with Gasteiger partial charge in [0.1, 0.15) is 6.17 Å². The van der Waals surface area contributed by atoms with Gasteiger partial charge in [0.2, 0.25) is 0 Å². The van der Waals surface area contributed by atoms with E-state index in [0.29, 0.717) is 12.0 Å². The van der Waals surface area contributed by atoms with Gasteiger partial charge in [0.05, 0.1) is 0 Å². The van der Waals surface area contributed by atoms with Gasteiger partial charge in [-0.15, -0.1) is 0 Å². The molecule has 0 aliphatic carbocycles. The maximum absolute atomic E-state index is 13.5. The quantitative estimate of drug-likeness (QED) is 0.679. The lowest BCUT2D eigenvalue weighted by atomic mass is 9.81. The van der Waals surface area contributed by atoms with E-state index in [1.54, 1.807) is 0 Å². The van der Waals surface area contributed by atoms with E-state index < -0.39 is 6.17 Å². The number of alkyl halides is 1. The first-order valence-electron chi connectivity index (χ1n) is 6.30. The fourth-order valence-corrected chi connectivity index (χ4v) is 3.22. The predicted molar refractivity (Wildman–Crippen MR) is 61.7 cm³/mol. The summed E-state index contributed by atoms with van der Waals surface area (Å²) in [7, 11) is 0. The summed E-state index contributed by atoms with van der Waals surface area (Å²) in [6.45, 7) is 8.68. The Morgan fingerprint density at radius 3 is 2.80 bits per heavy atom. The van der Waals surface area contributed by atoms with E-state index in [2.05, 4.69) is 25.7 Å². The lowest BCUT2D eigenvalue weighted by Gasteiger charge is -2.34. The highest BCUT2D eigenvalue weighted by atomic mass is 19.1. The minimum absolute atomic E-state index is 0.243. The molecular formula is C13H24FN. The van der Waals surface area contributed by atoms with Crippen molar-refractivity contribution < 1.29 is 4.39 Å². The van der Waals surface area contributed by atoms with Gasteiger partial charge in [0, 0.05) is 12.1 Å². The fourth-order valence-electron chi connectivity index (χ4n) is 3.22. The molecule has 2 heterocycles. The molecule has 0 radical (unpaired) electrons. The molecular weight excluding hydrogens is 189 g/mol. The first-order chi connectivity index (χ1) is 6.91. The Balaban J connectivity index is 1.99. The molecule has 0 spiro atoms. The van der Waals surface area contributed by atoms with Crippen LogP contribution in [0.3, 0.4) is 0 Å². The van der Waals surface area contributed by atoms with E-state index >= 15 is 0 Å². The van der Waals surface area contributed by atoms with Crippen molar-refractivity contribution in [1.82, 2.24) is 4.90 Å². The SMILES string of the molecule is CC(C)(C)CCC12CCCN1CC(F)C2. The highest BCUT2D eigenvalue weighted by Gasteiger charge is 2.48. The summed E-state index contributed by atoms with van der Waals surface area (Å²) in [5.41, 5.74) is 0.629. The van der Waals surface area contributed by atoms with Gasteiger partial charge >= 0.3 is 0 Å². The zero-order chi connectivity index (χ0) is 11.1. The summed E-state index contributed by atoms with van der Waals surface area (Å²) in [6, 6.07) is 0. The maximum Gasteiger partial charge on any atom is 0.115 e. The summed E-state index contributed by atoms with van der Waals surface area (Å²) in [6.07, 6.45) is 5.14. The average molecular weight is 213 g/mol. The number of hydrogen-bond acceptors (Lipinski definition) is 1. The summed E-state index contributed by atoms with van der Waals surface area (Å²) in [5.74, 6) is 0. The molecule has 0 amide bonds. The molecule has 0 N–H and O–H groups in total. The second-order valence-corrected chi connectivity index (χ2v) is 6.64. The third kappa shape index (κ3) is 2.35. The van der Waals surface area contributed by atoms with E-state index in [4.69, 9.17) is 0 Å². The molecule has 2 saturated heterocycles. The van der Waals surface area contributed by atoms with Crippen LogP contribution < -0.4 is 0 Å². The molecule has 2 aliphatic heterocycles. The Hall–Kier alpha value is -0.110. The van der Waals surface area contributed by atoms with Gasteiger partial charge in [-0.25, -0.2) is 4.39 Å². The Morgan fingerprint density at radius 2 is 2.13 bits per heavy atom. The summed E-state index contributed by atoms with van der Waals surface area (Å²) in [5, 5.41) is 0. The van der Waals surface area contributed by atoms with Gasteiger partial charge in [-0.2, -0.15) is 0 Å². The smallest absolute Gasteiger partial charge is 0.115 e. The second kappa shape index (κ2) is 3.73. The molecule has 0 aromatic heterocycles. The van der Waals surface area contributed by atoms with E-state index in [9.17, 15) is 4.39 Å². The molecule has 0 bridgehead atoms. The van der Waals surface area contributed by atoms with E-state index in [-0.39, 0.29) is 5.54 Å². The lowest BCUT2D eigenvalue weighted by Crippen LogP contribution is -2.38. The van der Waals surface area contributed by atoms with Crippen molar-refractivity contribution in [3.05, 3.63) is 0 Å². The van der Waals surface area contributed by atoms with E-state index in [1.165, 1.54) is 25.7 Å². The monoisotopic (exact) mass is 213 g/mol. The molecule has 0 aromatic carbocycles. The van der Waals surface area contributed by atoms with Crippen molar-refractivity contribution in [2.75, 3.05) is 13.1 Å². The van der Waals surface area contributed by atoms with Crippen molar-refractivity contribution in [1.29, 1.82) is 0 Å². The van der Waals surface area contributed by atoms with Crippen LogP contribution in [0.25, 0.3) is 0 Å². The number of nitrogens with zero attached hydrogens (tertiary/aromatic N) is 1. The van der Waals surface area contributed by atoms with Crippen LogP contribution in [0.2, 0.25) is 0 Å². The van der Waals surface area contributed by atoms with Crippen molar-refractivity contribution in [2.24, 2.45) is 5.41 Å². The molecule has 2 aliphatic rings. The zero-order valence-electron chi connectivity index (χ0n) is 10.4. The topological polar surface area (TPSA) is 3.24 Å². The molecule has 2 unspecified atom stereocenters. The van der Waals surface area contributed by atoms with Crippen molar-refractivity contribution in [3.8, 4) is 0 Å². The molecule has 0 saturated carbocycles. The number of hydrogen-bond donors (Lipinski definition) is 0. The molecule has 2 atom stereocenters. The van der Waals surface area contributed by atoms with Crippen molar-refractivity contribution >= 4 is 0 Å². The number of rotatable bonds is 2.